The molecule has 28 heavy (non-hydrogen) atoms. The lowest BCUT2D eigenvalue weighted by Crippen LogP contribution is -2.20. The van der Waals surface area contributed by atoms with E-state index in [1.54, 1.807) is 30.1 Å². The molecule has 1 amide bonds. The zero-order valence-electron chi connectivity index (χ0n) is 15.7. The molecule has 0 atom stereocenters. The highest BCUT2D eigenvalue weighted by Crippen LogP contribution is 2.21. The van der Waals surface area contributed by atoms with E-state index in [-0.39, 0.29) is 10.9 Å². The highest BCUT2D eigenvalue weighted by Gasteiger charge is 2.16. The molecular weight excluding hydrogens is 402 g/mol. The standard InChI is InChI=1S/C17H21N5O4S2/c1-11(2)22-14(6-7-19-22)16(23)20-17-21(8-9-26-3)13-5-4-12(28(18,24)25)10-15(13)27-17/h4-7,10-11H,8-9H2,1-3H3,(H2,18,24,25). The number of amides is 1. The number of hydrogen-bond acceptors (Lipinski definition) is 6. The van der Waals surface area contributed by atoms with Gasteiger partial charge in [-0.25, -0.2) is 13.6 Å². The normalized spacial score (nSPS) is 13.0. The lowest BCUT2D eigenvalue weighted by molar-refractivity contribution is 0.0985. The number of aromatic nitrogens is 3. The maximum Gasteiger partial charge on any atom is 0.297 e. The summed E-state index contributed by atoms with van der Waals surface area (Å²) < 4.78 is 32.5. The van der Waals surface area contributed by atoms with E-state index in [0.29, 0.717) is 28.3 Å². The largest absolute Gasteiger partial charge is 0.383 e. The molecule has 0 aliphatic rings. The number of carbonyl (C=O) groups is 1. The smallest absolute Gasteiger partial charge is 0.297 e. The van der Waals surface area contributed by atoms with Gasteiger partial charge in [0, 0.05) is 25.9 Å². The van der Waals surface area contributed by atoms with Crippen molar-refractivity contribution in [2.45, 2.75) is 31.3 Å². The molecule has 3 aromatic rings. The average molecular weight is 424 g/mol. The molecule has 0 spiro atoms. The summed E-state index contributed by atoms with van der Waals surface area (Å²) in [7, 11) is -2.24. The van der Waals surface area contributed by atoms with Gasteiger partial charge >= 0.3 is 0 Å². The summed E-state index contributed by atoms with van der Waals surface area (Å²) >= 11 is 1.21. The minimum Gasteiger partial charge on any atom is -0.383 e. The molecule has 2 heterocycles. The van der Waals surface area contributed by atoms with E-state index in [2.05, 4.69) is 10.1 Å². The van der Waals surface area contributed by atoms with Crippen molar-refractivity contribution in [1.29, 1.82) is 0 Å². The molecule has 0 saturated carbocycles. The van der Waals surface area contributed by atoms with Crippen LogP contribution in [0.1, 0.15) is 30.4 Å². The molecule has 0 saturated heterocycles. The number of methoxy groups -OCH3 is 1. The van der Waals surface area contributed by atoms with Crippen LogP contribution >= 0.6 is 11.3 Å². The van der Waals surface area contributed by atoms with Crippen LogP contribution in [0.3, 0.4) is 0 Å². The second-order valence-electron chi connectivity index (χ2n) is 6.38. The SMILES string of the molecule is COCCn1c(=NC(=O)c2ccnn2C(C)C)sc2cc(S(N)(=O)=O)ccc21. The number of ether oxygens (including phenoxy) is 1. The van der Waals surface area contributed by atoms with E-state index in [9.17, 15) is 13.2 Å². The summed E-state index contributed by atoms with van der Waals surface area (Å²) in [6.45, 7) is 4.72. The summed E-state index contributed by atoms with van der Waals surface area (Å²) in [6, 6.07) is 6.22. The van der Waals surface area contributed by atoms with Gasteiger partial charge < -0.3 is 9.30 Å². The molecule has 0 bridgehead atoms. The van der Waals surface area contributed by atoms with Crippen LogP contribution in [0.2, 0.25) is 0 Å². The first-order valence-corrected chi connectivity index (χ1v) is 10.9. The van der Waals surface area contributed by atoms with E-state index in [1.165, 1.54) is 23.5 Å². The summed E-state index contributed by atoms with van der Waals surface area (Å²) in [4.78, 5) is 17.5. The summed E-state index contributed by atoms with van der Waals surface area (Å²) in [5.41, 5.74) is 1.13. The van der Waals surface area contributed by atoms with Gasteiger partial charge in [-0.05, 0) is 38.1 Å². The van der Waals surface area contributed by atoms with Crippen molar-refractivity contribution in [3.8, 4) is 0 Å². The Hall–Kier alpha value is -2.34. The minimum absolute atomic E-state index is 0.0101. The Morgan fingerprint density at radius 2 is 2.11 bits per heavy atom. The molecular formula is C17H21N5O4S2. The Bertz CT molecular complexity index is 1190. The Morgan fingerprint density at radius 1 is 1.36 bits per heavy atom. The Kier molecular flexibility index (Phi) is 5.79. The number of hydrogen-bond donors (Lipinski definition) is 1. The van der Waals surface area contributed by atoms with E-state index in [4.69, 9.17) is 9.88 Å². The van der Waals surface area contributed by atoms with Crippen molar-refractivity contribution in [3.05, 3.63) is 41.0 Å². The van der Waals surface area contributed by atoms with Crippen LogP contribution in [-0.2, 0) is 21.3 Å². The molecule has 0 aliphatic carbocycles. The van der Waals surface area contributed by atoms with Crippen molar-refractivity contribution < 1.29 is 17.9 Å². The fourth-order valence-corrected chi connectivity index (χ4v) is 4.46. The van der Waals surface area contributed by atoms with Crippen LogP contribution in [-0.4, -0.2) is 42.4 Å². The fourth-order valence-electron chi connectivity index (χ4n) is 2.75. The number of sulfonamides is 1. The fraction of sp³-hybridized carbons (Fsp3) is 0.353. The number of carbonyl (C=O) groups excluding carboxylic acids is 1. The number of thiazole rings is 1. The maximum absolute atomic E-state index is 12.7. The van der Waals surface area contributed by atoms with Gasteiger partial charge in [-0.1, -0.05) is 11.3 Å². The number of benzene rings is 1. The second kappa shape index (κ2) is 7.95. The van der Waals surface area contributed by atoms with Crippen LogP contribution in [0.25, 0.3) is 10.2 Å². The van der Waals surface area contributed by atoms with Crippen molar-refractivity contribution in [1.82, 2.24) is 14.3 Å². The molecule has 0 aliphatic heterocycles. The highest BCUT2D eigenvalue weighted by atomic mass is 32.2. The van der Waals surface area contributed by atoms with Crippen molar-refractivity contribution in [3.63, 3.8) is 0 Å². The number of primary sulfonamides is 1. The van der Waals surface area contributed by atoms with Crippen molar-refractivity contribution in [2.75, 3.05) is 13.7 Å². The topological polar surface area (TPSA) is 122 Å². The van der Waals surface area contributed by atoms with Crippen LogP contribution in [0.15, 0.2) is 40.4 Å². The first-order chi connectivity index (χ1) is 13.2. The molecule has 1 aromatic carbocycles. The Morgan fingerprint density at radius 3 is 2.75 bits per heavy atom. The predicted molar refractivity (Wildman–Crippen MR) is 106 cm³/mol. The number of rotatable bonds is 6. The average Bonchev–Trinajstić information content (AvgIpc) is 3.23. The van der Waals surface area contributed by atoms with Gasteiger partial charge in [-0.3, -0.25) is 9.48 Å². The molecule has 2 aromatic heterocycles. The molecule has 0 unspecified atom stereocenters. The third kappa shape index (κ3) is 4.07. The molecule has 2 N–H and O–H groups in total. The van der Waals surface area contributed by atoms with Gasteiger partial charge in [0.1, 0.15) is 5.69 Å². The van der Waals surface area contributed by atoms with Gasteiger partial charge in [-0.2, -0.15) is 10.1 Å². The van der Waals surface area contributed by atoms with Crippen LogP contribution < -0.4 is 9.94 Å². The van der Waals surface area contributed by atoms with Crippen LogP contribution in [0, 0.1) is 0 Å². The molecule has 9 nitrogen and oxygen atoms in total. The quantitative estimate of drug-likeness (QED) is 0.644. The first-order valence-electron chi connectivity index (χ1n) is 8.50. The van der Waals surface area contributed by atoms with E-state index in [0.717, 1.165) is 5.52 Å². The monoisotopic (exact) mass is 423 g/mol. The van der Waals surface area contributed by atoms with E-state index < -0.39 is 15.9 Å². The van der Waals surface area contributed by atoms with Gasteiger partial charge in [0.05, 0.1) is 21.7 Å². The molecule has 150 valence electrons. The lowest BCUT2D eigenvalue weighted by atomic mass is 10.3. The summed E-state index contributed by atoms with van der Waals surface area (Å²) in [5.74, 6) is -0.421. The predicted octanol–water partition coefficient (Wildman–Crippen LogP) is 1.52. The maximum atomic E-state index is 12.7. The Labute approximate surface area is 166 Å². The number of nitrogens with two attached hydrogens (primary N) is 1. The van der Waals surface area contributed by atoms with Crippen LogP contribution in [0.5, 0.6) is 0 Å². The lowest BCUT2D eigenvalue weighted by Gasteiger charge is -2.08. The summed E-state index contributed by atoms with van der Waals surface area (Å²) in [6.07, 6.45) is 1.56. The molecule has 0 radical (unpaired) electrons. The highest BCUT2D eigenvalue weighted by molar-refractivity contribution is 7.89. The van der Waals surface area contributed by atoms with Gasteiger partial charge in [0.15, 0.2) is 4.80 Å². The second-order valence-corrected chi connectivity index (χ2v) is 8.95. The Balaban J connectivity index is 2.16. The third-order valence-electron chi connectivity index (χ3n) is 4.08. The van der Waals surface area contributed by atoms with Gasteiger partial charge in [-0.15, -0.1) is 0 Å². The van der Waals surface area contributed by atoms with E-state index in [1.807, 2.05) is 18.4 Å². The molecule has 0 fully saturated rings. The molecule has 11 heteroatoms. The van der Waals surface area contributed by atoms with Gasteiger partial charge in [0.2, 0.25) is 10.0 Å². The third-order valence-corrected chi connectivity index (χ3v) is 6.03. The molecule has 3 rings (SSSR count). The number of fused-ring (bicyclic) bond motifs is 1. The van der Waals surface area contributed by atoms with Gasteiger partial charge in [0.25, 0.3) is 5.91 Å². The van der Waals surface area contributed by atoms with Crippen molar-refractivity contribution >= 4 is 37.5 Å². The van der Waals surface area contributed by atoms with E-state index >= 15 is 0 Å². The number of nitrogens with zero attached hydrogens (tertiary/aromatic N) is 4. The van der Waals surface area contributed by atoms with Crippen LogP contribution in [0.4, 0.5) is 0 Å². The zero-order valence-corrected chi connectivity index (χ0v) is 17.3. The zero-order chi connectivity index (χ0) is 20.5. The first kappa shape index (κ1) is 20.4. The minimum atomic E-state index is -3.82. The van der Waals surface area contributed by atoms with Crippen molar-refractivity contribution in [2.24, 2.45) is 10.1 Å². The summed E-state index contributed by atoms with van der Waals surface area (Å²) in [5, 5.41) is 9.39.